The molecule has 0 saturated carbocycles. The van der Waals surface area contributed by atoms with Gasteiger partial charge < -0.3 is 4.74 Å². The van der Waals surface area contributed by atoms with Crippen molar-refractivity contribution in [2.24, 2.45) is 0 Å². The Bertz CT molecular complexity index is 309. The van der Waals surface area contributed by atoms with Gasteiger partial charge in [-0.15, -0.1) is 0 Å². The first kappa shape index (κ1) is 5.73. The molecule has 0 aromatic carbocycles. The van der Waals surface area contributed by atoms with E-state index in [0.29, 0.717) is 0 Å². The van der Waals surface area contributed by atoms with Crippen molar-refractivity contribution in [1.29, 1.82) is 0 Å². The molecule has 0 unspecified atom stereocenters. The summed E-state index contributed by atoms with van der Waals surface area (Å²) in [5.74, 6) is 0. The molecule has 0 bridgehead atoms. The Kier molecular flexibility index (Phi) is 1.14. The highest BCUT2D eigenvalue weighted by atomic mass is 32.1. The van der Waals surface area contributed by atoms with Crippen LogP contribution in [-0.4, -0.2) is 16.5 Å². The van der Waals surface area contributed by atoms with E-state index in [1.807, 2.05) is 16.8 Å². The van der Waals surface area contributed by atoms with Crippen molar-refractivity contribution in [1.82, 2.24) is 9.38 Å². The molecule has 2 rings (SSSR count). The van der Waals surface area contributed by atoms with Crippen LogP contribution in [0.5, 0.6) is 5.06 Å². The van der Waals surface area contributed by atoms with Crippen molar-refractivity contribution in [3.8, 4) is 5.06 Å². The molecule has 0 fully saturated rings. The van der Waals surface area contributed by atoms with Gasteiger partial charge in [-0.1, -0.05) is 11.3 Å². The predicted octanol–water partition coefficient (Wildman–Crippen LogP) is 1.40. The third kappa shape index (κ3) is 0.690. The Morgan fingerprint density at radius 2 is 2.60 bits per heavy atom. The normalized spacial score (nSPS) is 10.5. The van der Waals surface area contributed by atoms with Gasteiger partial charge in [-0.25, -0.2) is 4.98 Å². The number of hydrogen-bond acceptors (Lipinski definition) is 3. The van der Waals surface area contributed by atoms with Crippen LogP contribution in [0.3, 0.4) is 0 Å². The minimum absolute atomic E-state index is 0.892. The maximum absolute atomic E-state index is 5.02. The summed E-state index contributed by atoms with van der Waals surface area (Å²) in [6.07, 6.45) is 5.58. The summed E-state index contributed by atoms with van der Waals surface area (Å²) in [6.45, 7) is 0. The van der Waals surface area contributed by atoms with Crippen molar-refractivity contribution in [2.45, 2.75) is 0 Å². The highest BCUT2D eigenvalue weighted by Crippen LogP contribution is 2.22. The fourth-order valence-electron chi connectivity index (χ4n) is 0.801. The zero-order valence-corrected chi connectivity index (χ0v) is 6.26. The Balaban J connectivity index is 2.67. The first-order chi connectivity index (χ1) is 4.90. The lowest BCUT2D eigenvalue weighted by Gasteiger charge is -1.86. The third-order valence-electron chi connectivity index (χ3n) is 1.27. The molecule has 2 aromatic rings. The first-order valence-corrected chi connectivity index (χ1v) is 3.68. The second-order valence-electron chi connectivity index (χ2n) is 1.87. The molecule has 0 aliphatic carbocycles. The number of ether oxygens (including phenoxy) is 1. The van der Waals surface area contributed by atoms with Crippen LogP contribution < -0.4 is 4.74 Å². The molecule has 0 aliphatic heterocycles. The summed E-state index contributed by atoms with van der Waals surface area (Å²) in [6, 6.07) is 0. The highest BCUT2D eigenvalue weighted by Gasteiger charge is 1.99. The van der Waals surface area contributed by atoms with Gasteiger partial charge in [0.15, 0.2) is 10.0 Å². The molecule has 10 heavy (non-hydrogen) atoms. The lowest BCUT2D eigenvalue weighted by molar-refractivity contribution is 0.425. The van der Waals surface area contributed by atoms with E-state index in [-0.39, 0.29) is 0 Å². The van der Waals surface area contributed by atoms with E-state index in [0.717, 1.165) is 10.0 Å². The van der Waals surface area contributed by atoms with Gasteiger partial charge in [0, 0.05) is 12.4 Å². The molecule has 0 radical (unpaired) electrons. The van der Waals surface area contributed by atoms with Crippen LogP contribution in [0.4, 0.5) is 0 Å². The SMILES string of the molecule is COc1cn2ccnc2s1. The molecule has 4 heteroatoms. The Labute approximate surface area is 61.9 Å². The number of rotatable bonds is 1. The average Bonchev–Trinajstić information content (AvgIpc) is 2.42. The van der Waals surface area contributed by atoms with Crippen LogP contribution >= 0.6 is 11.3 Å². The van der Waals surface area contributed by atoms with E-state index in [1.54, 1.807) is 13.3 Å². The second-order valence-corrected chi connectivity index (χ2v) is 2.84. The van der Waals surface area contributed by atoms with E-state index in [9.17, 15) is 0 Å². The Morgan fingerprint density at radius 1 is 1.70 bits per heavy atom. The quantitative estimate of drug-likeness (QED) is 0.620. The number of methoxy groups -OCH3 is 1. The molecule has 0 atom stereocenters. The molecule has 0 N–H and O–H groups in total. The minimum Gasteiger partial charge on any atom is -0.486 e. The zero-order chi connectivity index (χ0) is 6.97. The fraction of sp³-hybridized carbons (Fsp3) is 0.167. The molecular weight excluding hydrogens is 148 g/mol. The van der Waals surface area contributed by atoms with Gasteiger partial charge in [0.2, 0.25) is 0 Å². The van der Waals surface area contributed by atoms with Gasteiger partial charge in [-0.05, 0) is 0 Å². The number of fused-ring (bicyclic) bond motifs is 1. The molecule has 0 spiro atoms. The number of hydrogen-bond donors (Lipinski definition) is 0. The summed E-state index contributed by atoms with van der Waals surface area (Å²) < 4.78 is 6.95. The first-order valence-electron chi connectivity index (χ1n) is 2.86. The topological polar surface area (TPSA) is 26.5 Å². The smallest absolute Gasteiger partial charge is 0.197 e. The van der Waals surface area contributed by atoms with E-state index in [1.165, 1.54) is 11.3 Å². The van der Waals surface area contributed by atoms with Gasteiger partial charge >= 0.3 is 0 Å². The summed E-state index contributed by atoms with van der Waals surface area (Å²) >= 11 is 1.53. The van der Waals surface area contributed by atoms with Gasteiger partial charge in [0.1, 0.15) is 0 Å². The van der Waals surface area contributed by atoms with E-state index >= 15 is 0 Å². The van der Waals surface area contributed by atoms with Gasteiger partial charge in [0.05, 0.1) is 13.3 Å². The van der Waals surface area contributed by atoms with Crippen LogP contribution in [0.1, 0.15) is 0 Å². The molecule has 0 aliphatic rings. The second kappa shape index (κ2) is 1.98. The lowest BCUT2D eigenvalue weighted by Crippen LogP contribution is -1.75. The molecule has 3 nitrogen and oxygen atoms in total. The Hall–Kier alpha value is -1.03. The van der Waals surface area contributed by atoms with Crippen molar-refractivity contribution < 1.29 is 4.74 Å². The fourth-order valence-corrected chi connectivity index (χ4v) is 1.56. The molecule has 0 saturated heterocycles. The standard InChI is InChI=1S/C6H6N2OS/c1-9-5-4-8-3-2-7-6(8)10-5/h2-4H,1H3. The number of nitrogens with zero attached hydrogens (tertiary/aromatic N) is 2. The molecule has 2 heterocycles. The van der Waals surface area contributed by atoms with Crippen LogP contribution in [0.2, 0.25) is 0 Å². The third-order valence-corrected chi connectivity index (χ3v) is 2.24. The van der Waals surface area contributed by atoms with Crippen LogP contribution in [-0.2, 0) is 0 Å². The largest absolute Gasteiger partial charge is 0.486 e. The molecular formula is C6H6N2OS. The van der Waals surface area contributed by atoms with Crippen molar-refractivity contribution >= 4 is 16.3 Å². The predicted molar refractivity (Wildman–Crippen MR) is 39.6 cm³/mol. The summed E-state index contributed by atoms with van der Waals surface area (Å²) in [5, 5.41) is 0.892. The summed E-state index contributed by atoms with van der Waals surface area (Å²) in [7, 11) is 1.66. The monoisotopic (exact) mass is 154 g/mol. The Morgan fingerprint density at radius 3 is 3.30 bits per heavy atom. The van der Waals surface area contributed by atoms with Crippen molar-refractivity contribution in [2.75, 3.05) is 7.11 Å². The molecule has 2 aromatic heterocycles. The van der Waals surface area contributed by atoms with Crippen LogP contribution in [0, 0.1) is 0 Å². The maximum Gasteiger partial charge on any atom is 0.197 e. The summed E-state index contributed by atoms with van der Waals surface area (Å²) in [4.78, 5) is 5.06. The number of thiazole rings is 1. The number of imidazole rings is 1. The minimum atomic E-state index is 0.892. The molecule has 52 valence electrons. The lowest BCUT2D eigenvalue weighted by atomic mass is 10.8. The van der Waals surface area contributed by atoms with Crippen molar-refractivity contribution in [3.63, 3.8) is 0 Å². The van der Waals surface area contributed by atoms with E-state index < -0.39 is 0 Å². The van der Waals surface area contributed by atoms with Gasteiger partial charge in [-0.2, -0.15) is 0 Å². The summed E-state index contributed by atoms with van der Waals surface area (Å²) in [5.41, 5.74) is 0. The number of aromatic nitrogens is 2. The van der Waals surface area contributed by atoms with Crippen LogP contribution in [0.15, 0.2) is 18.6 Å². The zero-order valence-electron chi connectivity index (χ0n) is 5.44. The highest BCUT2D eigenvalue weighted by molar-refractivity contribution is 7.18. The van der Waals surface area contributed by atoms with Crippen molar-refractivity contribution in [3.05, 3.63) is 18.6 Å². The van der Waals surface area contributed by atoms with Gasteiger partial charge in [-0.3, -0.25) is 4.40 Å². The van der Waals surface area contributed by atoms with E-state index in [4.69, 9.17) is 4.74 Å². The van der Waals surface area contributed by atoms with Gasteiger partial charge in [0.25, 0.3) is 0 Å². The molecule has 0 amide bonds. The van der Waals surface area contributed by atoms with Crippen LogP contribution in [0.25, 0.3) is 4.96 Å². The average molecular weight is 154 g/mol. The maximum atomic E-state index is 5.02. The van der Waals surface area contributed by atoms with E-state index in [2.05, 4.69) is 4.98 Å².